The van der Waals surface area contributed by atoms with Crippen molar-refractivity contribution in [1.29, 1.82) is 0 Å². The van der Waals surface area contributed by atoms with E-state index >= 15 is 0 Å². The van der Waals surface area contributed by atoms with Gasteiger partial charge in [0.05, 0.1) is 0 Å². The number of hydrogen-bond acceptors (Lipinski definition) is 4. The minimum atomic E-state index is -4.41. The van der Waals surface area contributed by atoms with Crippen molar-refractivity contribution in [3.63, 3.8) is 0 Å². The summed E-state index contributed by atoms with van der Waals surface area (Å²) in [6.45, 7) is 0. The molecule has 0 aromatic carbocycles. The van der Waals surface area contributed by atoms with Crippen LogP contribution < -0.4 is 11.5 Å². The van der Waals surface area contributed by atoms with Crippen LogP contribution in [0, 0.1) is 0 Å². The van der Waals surface area contributed by atoms with Crippen molar-refractivity contribution in [2.24, 2.45) is 11.5 Å². The predicted octanol–water partition coefficient (Wildman–Crippen LogP) is -0.273. The van der Waals surface area contributed by atoms with Gasteiger partial charge in [-0.15, -0.1) is 8.78 Å². The Morgan fingerprint density at radius 1 is 1.09 bits per heavy atom. The Hall–Kier alpha value is -1.60. The smallest absolute Gasteiger partial charge is 0.349 e. The number of primary amides is 2. The first-order valence-corrected chi connectivity index (χ1v) is 2.18. The van der Waals surface area contributed by atoms with Crippen LogP contribution in [-0.4, -0.2) is 18.5 Å². The second-order valence-electron chi connectivity index (χ2n) is 1.31. The standard InChI is InChI=1S/C3H4F2N2O4/c4-3(5,10-1(6)8)11-2(7)9/h(H2,6,8)(H2,7,9). The lowest BCUT2D eigenvalue weighted by atomic mass is 11.1. The molecule has 8 heteroatoms. The van der Waals surface area contributed by atoms with Gasteiger partial charge in [0.2, 0.25) is 0 Å². The number of alkyl halides is 2. The molecule has 0 aliphatic heterocycles. The lowest BCUT2D eigenvalue weighted by molar-refractivity contribution is -0.335. The van der Waals surface area contributed by atoms with Gasteiger partial charge in [0, 0.05) is 0 Å². The molecule has 0 spiro atoms. The van der Waals surface area contributed by atoms with Crippen LogP contribution in [0.5, 0.6) is 0 Å². The molecule has 64 valence electrons. The van der Waals surface area contributed by atoms with E-state index in [0.717, 1.165) is 0 Å². The molecule has 6 nitrogen and oxygen atoms in total. The number of carbonyl (C=O) groups excluding carboxylic acids is 2. The zero-order chi connectivity index (χ0) is 9.07. The molecule has 0 heterocycles. The van der Waals surface area contributed by atoms with Crippen LogP contribution in [0.2, 0.25) is 0 Å². The minimum Gasteiger partial charge on any atom is -0.349 e. The fourth-order valence-corrected chi connectivity index (χ4v) is 0.255. The van der Waals surface area contributed by atoms with Crippen molar-refractivity contribution in [1.82, 2.24) is 0 Å². The normalized spacial score (nSPS) is 10.4. The molecule has 11 heavy (non-hydrogen) atoms. The first-order chi connectivity index (χ1) is 4.83. The predicted molar refractivity (Wildman–Crippen MR) is 26.3 cm³/mol. The lowest BCUT2D eigenvalue weighted by Crippen LogP contribution is -2.35. The van der Waals surface area contributed by atoms with Crippen LogP contribution in [0.3, 0.4) is 0 Å². The molecule has 0 aromatic rings. The molecule has 0 aromatic heterocycles. The van der Waals surface area contributed by atoms with Gasteiger partial charge in [-0.2, -0.15) is 0 Å². The number of hydrogen-bond donors (Lipinski definition) is 2. The molecular formula is C3H4F2N2O4. The molecule has 0 aliphatic rings. The second kappa shape index (κ2) is 2.99. The summed E-state index contributed by atoms with van der Waals surface area (Å²) in [6, 6.07) is 0. The van der Waals surface area contributed by atoms with Gasteiger partial charge in [-0.1, -0.05) is 0 Å². The molecule has 2 amide bonds. The first kappa shape index (κ1) is 9.40. The van der Waals surface area contributed by atoms with Gasteiger partial charge in [0.25, 0.3) is 0 Å². The highest BCUT2D eigenvalue weighted by Crippen LogP contribution is 2.15. The number of halogens is 2. The molecular weight excluding hydrogens is 166 g/mol. The number of amides is 2. The maximum atomic E-state index is 11.9. The summed E-state index contributed by atoms with van der Waals surface area (Å²) >= 11 is 0. The molecule has 0 fully saturated rings. The Balaban J connectivity index is 3.99. The van der Waals surface area contributed by atoms with E-state index in [-0.39, 0.29) is 0 Å². The topological polar surface area (TPSA) is 105 Å². The van der Waals surface area contributed by atoms with Gasteiger partial charge < -0.3 is 20.9 Å². The van der Waals surface area contributed by atoms with Crippen LogP contribution in [0.1, 0.15) is 0 Å². The number of carbonyl (C=O) groups is 2. The minimum absolute atomic E-state index is 1.78. The third kappa shape index (κ3) is 4.88. The Morgan fingerprint density at radius 3 is 1.55 bits per heavy atom. The van der Waals surface area contributed by atoms with Crippen molar-refractivity contribution >= 4 is 12.2 Å². The van der Waals surface area contributed by atoms with Crippen molar-refractivity contribution in [2.75, 3.05) is 0 Å². The van der Waals surface area contributed by atoms with Crippen molar-refractivity contribution in [2.45, 2.75) is 6.29 Å². The van der Waals surface area contributed by atoms with E-state index in [9.17, 15) is 18.4 Å². The van der Waals surface area contributed by atoms with Gasteiger partial charge in [0.15, 0.2) is 0 Å². The third-order valence-electron chi connectivity index (χ3n) is 0.439. The monoisotopic (exact) mass is 170 g/mol. The highest BCUT2D eigenvalue weighted by atomic mass is 19.3. The highest BCUT2D eigenvalue weighted by molar-refractivity contribution is 5.66. The SMILES string of the molecule is NC(=O)OC(F)(F)OC(N)=O. The highest BCUT2D eigenvalue weighted by Gasteiger charge is 2.38. The van der Waals surface area contributed by atoms with Crippen LogP contribution >= 0.6 is 0 Å². The van der Waals surface area contributed by atoms with E-state index in [1.165, 1.54) is 0 Å². The molecule has 0 bridgehead atoms. The van der Waals surface area contributed by atoms with Crippen molar-refractivity contribution in [3.05, 3.63) is 0 Å². The zero-order valence-corrected chi connectivity index (χ0v) is 5.04. The molecule has 0 atom stereocenters. The maximum Gasteiger partial charge on any atom is 0.592 e. The number of ether oxygens (including phenoxy) is 2. The van der Waals surface area contributed by atoms with E-state index in [4.69, 9.17) is 0 Å². The molecule has 0 saturated carbocycles. The lowest BCUT2D eigenvalue weighted by Gasteiger charge is -2.11. The van der Waals surface area contributed by atoms with Crippen molar-refractivity contribution < 1.29 is 27.8 Å². The summed E-state index contributed by atoms with van der Waals surface area (Å²) in [6.07, 6.45) is -7.97. The van der Waals surface area contributed by atoms with E-state index in [1.54, 1.807) is 0 Å². The largest absolute Gasteiger partial charge is 0.592 e. The summed E-state index contributed by atoms with van der Waals surface area (Å²) in [5.41, 5.74) is 8.36. The molecule has 4 N–H and O–H groups in total. The Labute approximate surface area is 59.0 Å². The van der Waals surface area contributed by atoms with Crippen LogP contribution in [-0.2, 0) is 9.47 Å². The summed E-state index contributed by atoms with van der Waals surface area (Å²) in [4.78, 5) is 19.4. The Morgan fingerprint density at radius 2 is 1.36 bits per heavy atom. The van der Waals surface area contributed by atoms with E-state index in [2.05, 4.69) is 20.9 Å². The molecule has 0 rings (SSSR count). The van der Waals surface area contributed by atoms with Crippen LogP contribution in [0.25, 0.3) is 0 Å². The molecule has 0 aliphatic carbocycles. The summed E-state index contributed by atoms with van der Waals surface area (Å²) < 4.78 is 29.8. The van der Waals surface area contributed by atoms with E-state index in [1.807, 2.05) is 0 Å². The first-order valence-electron chi connectivity index (χ1n) is 2.18. The van der Waals surface area contributed by atoms with Gasteiger partial charge >= 0.3 is 18.5 Å². The summed E-state index contributed by atoms with van der Waals surface area (Å²) in [7, 11) is 0. The number of nitrogens with two attached hydrogens (primary N) is 2. The van der Waals surface area contributed by atoms with E-state index in [0.29, 0.717) is 0 Å². The van der Waals surface area contributed by atoms with Crippen LogP contribution in [0.15, 0.2) is 0 Å². The van der Waals surface area contributed by atoms with Gasteiger partial charge in [-0.25, -0.2) is 9.59 Å². The molecule has 0 radical (unpaired) electrons. The van der Waals surface area contributed by atoms with Crippen molar-refractivity contribution in [3.8, 4) is 0 Å². The second-order valence-corrected chi connectivity index (χ2v) is 1.31. The summed E-state index contributed by atoms with van der Waals surface area (Å²) in [5, 5.41) is 0. The average molecular weight is 170 g/mol. The Kier molecular flexibility index (Phi) is 2.56. The molecule has 0 saturated heterocycles. The third-order valence-corrected chi connectivity index (χ3v) is 0.439. The Bertz CT molecular complexity index is 164. The van der Waals surface area contributed by atoms with Crippen LogP contribution in [0.4, 0.5) is 18.4 Å². The fourth-order valence-electron chi connectivity index (χ4n) is 0.255. The fraction of sp³-hybridized carbons (Fsp3) is 0.333. The summed E-state index contributed by atoms with van der Waals surface area (Å²) in [5.74, 6) is 0. The average Bonchev–Trinajstić information content (AvgIpc) is 1.53. The van der Waals surface area contributed by atoms with E-state index < -0.39 is 18.5 Å². The van der Waals surface area contributed by atoms with Gasteiger partial charge in [-0.05, 0) is 0 Å². The molecule has 0 unspecified atom stereocenters. The number of rotatable bonds is 2. The quantitative estimate of drug-likeness (QED) is 0.556. The van der Waals surface area contributed by atoms with Gasteiger partial charge in [-0.3, -0.25) is 0 Å². The zero-order valence-electron chi connectivity index (χ0n) is 5.04. The van der Waals surface area contributed by atoms with Gasteiger partial charge in [0.1, 0.15) is 0 Å². The maximum absolute atomic E-state index is 11.9.